The van der Waals surface area contributed by atoms with Gasteiger partial charge in [0.1, 0.15) is 11.8 Å². The van der Waals surface area contributed by atoms with E-state index < -0.39 is 23.9 Å². The number of nitrogens with zero attached hydrogens (tertiary/aromatic N) is 2. The zero-order valence-corrected chi connectivity index (χ0v) is 16.7. The number of hydrogen-bond acceptors (Lipinski definition) is 6. The predicted octanol–water partition coefficient (Wildman–Crippen LogP) is 3.42. The number of rotatable bonds is 5. The second-order valence-electron chi connectivity index (χ2n) is 6.97. The van der Waals surface area contributed by atoms with Crippen LogP contribution in [0.3, 0.4) is 0 Å². The van der Waals surface area contributed by atoms with E-state index in [1.54, 1.807) is 42.0 Å². The first-order chi connectivity index (χ1) is 14.9. The van der Waals surface area contributed by atoms with Gasteiger partial charge in [0.05, 0.1) is 18.2 Å². The van der Waals surface area contributed by atoms with Gasteiger partial charge in [0.15, 0.2) is 0 Å². The lowest BCUT2D eigenvalue weighted by molar-refractivity contribution is -0.144. The van der Waals surface area contributed by atoms with Gasteiger partial charge in [0, 0.05) is 28.2 Å². The van der Waals surface area contributed by atoms with Crippen LogP contribution in [-0.4, -0.2) is 40.4 Å². The number of benzene rings is 2. The Morgan fingerprint density at radius 3 is 2.61 bits per heavy atom. The number of oxime groups is 1. The molecule has 8 nitrogen and oxygen atoms in total. The minimum atomic E-state index is -1.08. The zero-order valence-electron chi connectivity index (χ0n) is 16.7. The molecule has 1 unspecified atom stereocenters. The van der Waals surface area contributed by atoms with Gasteiger partial charge in [-0.05, 0) is 31.2 Å². The van der Waals surface area contributed by atoms with Crippen molar-refractivity contribution < 1.29 is 29.1 Å². The van der Waals surface area contributed by atoms with Crippen LogP contribution in [0.2, 0.25) is 0 Å². The van der Waals surface area contributed by atoms with Gasteiger partial charge >= 0.3 is 17.9 Å². The summed E-state index contributed by atoms with van der Waals surface area (Å²) in [7, 11) is 1.30. The van der Waals surface area contributed by atoms with Gasteiger partial charge in [-0.25, -0.2) is 14.4 Å². The summed E-state index contributed by atoms with van der Waals surface area (Å²) < 4.78 is 6.53. The van der Waals surface area contributed by atoms with Crippen LogP contribution >= 0.6 is 0 Å². The summed E-state index contributed by atoms with van der Waals surface area (Å²) in [5, 5.41) is 13.9. The second-order valence-corrected chi connectivity index (χ2v) is 6.97. The number of carboxylic acids is 1. The summed E-state index contributed by atoms with van der Waals surface area (Å²) >= 11 is 0. The van der Waals surface area contributed by atoms with E-state index in [0.29, 0.717) is 27.7 Å². The van der Waals surface area contributed by atoms with E-state index in [1.165, 1.54) is 19.2 Å². The molecule has 0 saturated heterocycles. The lowest BCUT2D eigenvalue weighted by Gasteiger charge is -2.12. The minimum absolute atomic E-state index is 0.0848. The fourth-order valence-electron chi connectivity index (χ4n) is 3.50. The topological polar surface area (TPSA) is 107 Å². The van der Waals surface area contributed by atoms with Crippen molar-refractivity contribution in [3.8, 4) is 0 Å². The van der Waals surface area contributed by atoms with Gasteiger partial charge in [-0.3, -0.25) is 0 Å². The second kappa shape index (κ2) is 7.91. The predicted molar refractivity (Wildman–Crippen MR) is 113 cm³/mol. The van der Waals surface area contributed by atoms with Crippen molar-refractivity contribution in [2.45, 2.75) is 13.0 Å². The Labute approximate surface area is 177 Å². The van der Waals surface area contributed by atoms with Gasteiger partial charge in [0.25, 0.3) is 0 Å². The standard InChI is InChI=1S/C23H18N2O6/c1-13(22(28)30-2)25-12-16(17-10-15(21(26)27)8-9-19(17)25)11-18-20(24-31-23(18)29)14-6-4-3-5-7-14/h3-13H,1-2H3,(H,26,27)/b18-11-. The van der Waals surface area contributed by atoms with E-state index in [0.717, 1.165) is 0 Å². The average Bonchev–Trinajstić information content (AvgIpc) is 3.33. The maximum atomic E-state index is 12.4. The number of esters is 1. The van der Waals surface area contributed by atoms with Crippen molar-refractivity contribution in [2.75, 3.05) is 7.11 Å². The number of ether oxygens (including phenoxy) is 1. The van der Waals surface area contributed by atoms with Crippen LogP contribution < -0.4 is 0 Å². The third-order valence-corrected chi connectivity index (χ3v) is 5.11. The molecular weight excluding hydrogens is 400 g/mol. The summed E-state index contributed by atoms with van der Waals surface area (Å²) in [4.78, 5) is 40.9. The normalized spacial score (nSPS) is 15.6. The molecule has 0 radical (unpaired) electrons. The molecule has 156 valence electrons. The van der Waals surface area contributed by atoms with Crippen molar-refractivity contribution in [1.29, 1.82) is 0 Å². The molecule has 1 N–H and O–H groups in total. The smallest absolute Gasteiger partial charge is 0.368 e. The Morgan fingerprint density at radius 2 is 1.94 bits per heavy atom. The van der Waals surface area contributed by atoms with Crippen LogP contribution in [0.5, 0.6) is 0 Å². The first-order valence-electron chi connectivity index (χ1n) is 9.43. The first kappa shape index (κ1) is 20.1. The van der Waals surface area contributed by atoms with Crippen molar-refractivity contribution in [3.63, 3.8) is 0 Å². The van der Waals surface area contributed by atoms with Crippen molar-refractivity contribution in [1.82, 2.24) is 4.57 Å². The van der Waals surface area contributed by atoms with Crippen LogP contribution in [0.4, 0.5) is 0 Å². The largest absolute Gasteiger partial charge is 0.478 e. The van der Waals surface area contributed by atoms with Gasteiger partial charge in [-0.2, -0.15) is 0 Å². The molecule has 1 aliphatic heterocycles. The van der Waals surface area contributed by atoms with Crippen LogP contribution in [0.25, 0.3) is 17.0 Å². The molecule has 1 aromatic heterocycles. The maximum absolute atomic E-state index is 12.4. The molecule has 31 heavy (non-hydrogen) atoms. The molecule has 1 atom stereocenters. The molecule has 0 fully saturated rings. The van der Waals surface area contributed by atoms with E-state index >= 15 is 0 Å². The van der Waals surface area contributed by atoms with E-state index in [-0.39, 0.29) is 11.1 Å². The fourth-order valence-corrected chi connectivity index (χ4v) is 3.50. The number of carbonyl (C=O) groups excluding carboxylic acids is 2. The number of aromatic carboxylic acids is 1. The lowest BCUT2D eigenvalue weighted by atomic mass is 10.00. The molecule has 0 aliphatic carbocycles. The lowest BCUT2D eigenvalue weighted by Crippen LogP contribution is -2.16. The maximum Gasteiger partial charge on any atom is 0.368 e. The Hall–Kier alpha value is -4.20. The highest BCUT2D eigenvalue weighted by atomic mass is 16.7. The van der Waals surface area contributed by atoms with Crippen molar-refractivity contribution in [2.24, 2.45) is 5.16 Å². The monoisotopic (exact) mass is 418 g/mol. The van der Waals surface area contributed by atoms with E-state index in [2.05, 4.69) is 5.16 Å². The average molecular weight is 418 g/mol. The van der Waals surface area contributed by atoms with Gasteiger partial charge in [0.2, 0.25) is 0 Å². The number of hydrogen-bond donors (Lipinski definition) is 1. The first-order valence-corrected chi connectivity index (χ1v) is 9.43. The fraction of sp³-hybridized carbons (Fsp3) is 0.130. The number of aromatic nitrogens is 1. The SMILES string of the molecule is COC(=O)C(C)n1cc(/C=C2\C(=O)ON=C2c2ccccc2)c2cc(C(=O)O)ccc21. The quantitative estimate of drug-likeness (QED) is 0.387. The molecule has 1 aliphatic rings. The van der Waals surface area contributed by atoms with Gasteiger partial charge in [-0.1, -0.05) is 35.5 Å². The molecule has 0 amide bonds. The molecule has 0 bridgehead atoms. The molecule has 3 aromatic rings. The van der Waals surface area contributed by atoms with Gasteiger partial charge in [-0.15, -0.1) is 0 Å². The number of carbonyl (C=O) groups is 3. The summed E-state index contributed by atoms with van der Waals surface area (Å²) in [5.74, 6) is -2.15. The summed E-state index contributed by atoms with van der Waals surface area (Å²) in [6, 6.07) is 13.0. The molecule has 2 heterocycles. The minimum Gasteiger partial charge on any atom is -0.478 e. The molecule has 0 spiro atoms. The van der Waals surface area contributed by atoms with Gasteiger partial charge < -0.3 is 19.2 Å². The number of methoxy groups -OCH3 is 1. The van der Waals surface area contributed by atoms with E-state index in [1.807, 2.05) is 18.2 Å². The Bertz CT molecular complexity index is 1270. The molecule has 8 heteroatoms. The Balaban J connectivity index is 1.91. The van der Waals surface area contributed by atoms with E-state index in [9.17, 15) is 19.5 Å². The number of fused-ring (bicyclic) bond motifs is 1. The zero-order chi connectivity index (χ0) is 22.1. The molecular formula is C23H18N2O6. The van der Waals surface area contributed by atoms with Crippen LogP contribution in [-0.2, 0) is 19.2 Å². The molecule has 4 rings (SSSR count). The number of carboxylic acid groups (broad SMARTS) is 1. The van der Waals surface area contributed by atoms with Crippen LogP contribution in [0.1, 0.15) is 34.5 Å². The van der Waals surface area contributed by atoms with Crippen molar-refractivity contribution in [3.05, 3.63) is 77.0 Å². The van der Waals surface area contributed by atoms with Crippen LogP contribution in [0, 0.1) is 0 Å². The third-order valence-electron chi connectivity index (χ3n) is 5.11. The molecule has 0 saturated carbocycles. The molecule has 2 aromatic carbocycles. The van der Waals surface area contributed by atoms with Crippen molar-refractivity contribution >= 4 is 40.6 Å². The highest BCUT2D eigenvalue weighted by Crippen LogP contribution is 2.30. The third kappa shape index (κ3) is 3.59. The van der Waals surface area contributed by atoms with Crippen LogP contribution in [0.15, 0.2) is 65.5 Å². The van der Waals surface area contributed by atoms with E-state index in [4.69, 9.17) is 9.57 Å². The Kier molecular flexibility index (Phi) is 5.12. The summed E-state index contributed by atoms with van der Waals surface area (Å²) in [6.07, 6.45) is 3.27. The highest BCUT2D eigenvalue weighted by Gasteiger charge is 2.28. The summed E-state index contributed by atoms with van der Waals surface area (Å²) in [6.45, 7) is 1.67. The highest BCUT2D eigenvalue weighted by molar-refractivity contribution is 6.31. The summed E-state index contributed by atoms with van der Waals surface area (Å²) in [5.41, 5.74) is 2.57. The Morgan fingerprint density at radius 1 is 1.19 bits per heavy atom.